The second-order valence-corrected chi connectivity index (χ2v) is 19.4. The van der Waals surface area contributed by atoms with Gasteiger partial charge in [-0.05, 0) is 36.3 Å². The zero-order chi connectivity index (χ0) is 60.5. The van der Waals surface area contributed by atoms with Gasteiger partial charge in [0.05, 0.1) is 32.5 Å². The van der Waals surface area contributed by atoms with Crippen LogP contribution in [0.4, 0.5) is 0 Å². The van der Waals surface area contributed by atoms with E-state index in [-0.39, 0.29) is 5.48 Å². The highest BCUT2D eigenvalue weighted by Crippen LogP contribution is 2.30. The molecule has 0 aromatic heterocycles. The fourth-order valence-electron chi connectivity index (χ4n) is 8.64. The molecule has 20 atom stereocenters. The maximum absolute atomic E-state index is 11.4. The smallest absolute Gasteiger partial charge is 0.424 e. The van der Waals surface area contributed by atoms with Gasteiger partial charge in [-0.15, -0.1) is 0 Å². The summed E-state index contributed by atoms with van der Waals surface area (Å²) in [6.45, 7) is -1.56. The van der Waals surface area contributed by atoms with Gasteiger partial charge in [0.25, 0.3) is 0 Å². The Morgan fingerprint density at radius 1 is 0.554 bits per heavy atom. The van der Waals surface area contributed by atoms with Crippen molar-refractivity contribution in [1.82, 2.24) is 10.2 Å². The van der Waals surface area contributed by atoms with E-state index in [4.69, 9.17) is 38.8 Å². The van der Waals surface area contributed by atoms with Crippen molar-refractivity contribution in [3.05, 3.63) is 156 Å². The van der Waals surface area contributed by atoms with Crippen LogP contribution in [0.15, 0.2) is 133 Å². The van der Waals surface area contributed by atoms with E-state index in [1.807, 2.05) is 116 Å². The van der Waals surface area contributed by atoms with Crippen LogP contribution < -0.4 is 5.32 Å². The van der Waals surface area contributed by atoms with Gasteiger partial charge in [0.15, 0.2) is 18.9 Å². The molecular formula is C56H83BN2O24. The Labute approximate surface area is 480 Å². The lowest BCUT2D eigenvalue weighted by molar-refractivity contribution is -0.355. The maximum Gasteiger partial charge on any atom is 0.480 e. The number of nitrogens with one attached hydrogen (secondary N) is 1. The highest BCUT2D eigenvalue weighted by atomic mass is 16.7. The van der Waals surface area contributed by atoms with Gasteiger partial charge in [-0.25, -0.2) is 0 Å². The zero-order valence-electron chi connectivity index (χ0n) is 45.8. The largest absolute Gasteiger partial charge is 0.480 e. The van der Waals surface area contributed by atoms with Crippen LogP contribution in [0.5, 0.6) is 0 Å². The Balaban J connectivity index is 0.000000341. The third kappa shape index (κ3) is 22.3. The summed E-state index contributed by atoms with van der Waals surface area (Å²) in [6.07, 6.45) is -25.4. The molecule has 0 radical (unpaired) electrons. The molecule has 83 heavy (non-hydrogen) atoms. The molecule has 0 spiro atoms. The summed E-state index contributed by atoms with van der Waals surface area (Å²) in [6, 6.07) is 37.8. The van der Waals surface area contributed by atoms with E-state index in [9.17, 15) is 76.6 Å². The average molecular weight is 1180 g/mol. The molecular weight excluding hydrogens is 1100 g/mol. The van der Waals surface area contributed by atoms with Crippen LogP contribution in [-0.2, 0) is 36.8 Å². The van der Waals surface area contributed by atoms with Crippen molar-refractivity contribution in [3.63, 3.8) is 0 Å². The SMILES string of the molecule is CN(Cc1ccccc1)[C@@H](/C=C/c1ccccc1)[C@H](O)[C@@H](O)[C@H](O[C@H]1O[C@H](CO)[C@@H](O)[C@H](O)[C@H]1O)[C@H](O)CO.CNCc1ccccc1.O.OB(O)/C=C/c1ccccc1.OC[C@H]1O[C@H](O[C@H]2[C@H](O)[C@@H](O)C(O)O[C@@H]2CO)[C@H](O)[C@@H](O)[C@@H]1O. The number of hydrogen-bond donors (Lipinski definition) is 19. The van der Waals surface area contributed by atoms with Gasteiger partial charge in [-0.3, -0.25) is 4.90 Å². The van der Waals surface area contributed by atoms with E-state index in [0.717, 1.165) is 23.2 Å². The molecule has 4 aromatic rings. The second-order valence-electron chi connectivity index (χ2n) is 19.4. The number of aliphatic hydroxyl groups excluding tert-OH is 16. The number of rotatable bonds is 21. The summed E-state index contributed by atoms with van der Waals surface area (Å²) in [4.78, 5) is 1.79. The van der Waals surface area contributed by atoms with E-state index >= 15 is 0 Å². The molecule has 3 fully saturated rings. The number of benzene rings is 4. The zero-order valence-corrected chi connectivity index (χ0v) is 45.8. The Bertz CT molecular complexity index is 2360. The van der Waals surface area contributed by atoms with Gasteiger partial charge >= 0.3 is 7.12 Å². The minimum Gasteiger partial charge on any atom is -0.424 e. The summed E-state index contributed by atoms with van der Waals surface area (Å²) in [5.41, 5.74) is 4.09. The lowest BCUT2D eigenvalue weighted by atomic mass is 9.91. The standard InChI is InChI=1S/C28H39NO10.C12H22O11.C8H9BO2.C8H11N.H2O/c1-29(14-18-10-6-3-7-11-18)19(13-12-17-8-4-2-5-9-17)22(33)25(36)27(20(32)15-30)39-28-26(37)24(35)23(34)21(16-31)38-28;13-1-3-5(15)6(16)9(19)12(22-3)23-10-4(2-14)21-11(20)8(18)7(10)17;10-9(11)7-6-8-4-2-1-3-5-8;1-9-7-8-5-3-2-4-6-8;/h2-13,19-28,30-37H,14-16H2,1H3;3-20H,1-2H2;1-7,10-11H;2-6,9H,7H2,1H3;1H2/b13-12+;;7-6+;;/t19-,20+,21+,22-,23+,24-,25+,26+,27+,28+;3-,4-,5-,6+,7-,8-,9-,10-,11?,12-;;;/m01.../s1. The molecule has 7 rings (SSSR count). The molecule has 0 bridgehead atoms. The summed E-state index contributed by atoms with van der Waals surface area (Å²) < 4.78 is 26.2. The topological polar surface area (TPSA) is 457 Å². The first-order valence-electron chi connectivity index (χ1n) is 26.3. The monoisotopic (exact) mass is 1180 g/mol. The van der Waals surface area contributed by atoms with Crippen molar-refractivity contribution in [3.8, 4) is 0 Å². The van der Waals surface area contributed by atoms with Crippen LogP contribution in [0, 0.1) is 0 Å². The molecule has 26 nitrogen and oxygen atoms in total. The number of aliphatic hydroxyl groups is 16. The normalized spacial score (nSPS) is 29.8. The van der Waals surface area contributed by atoms with Crippen LogP contribution in [0.2, 0.25) is 0 Å². The Morgan fingerprint density at radius 3 is 1.48 bits per heavy atom. The molecule has 3 saturated heterocycles. The predicted octanol–water partition coefficient (Wildman–Crippen LogP) is -5.64. The average Bonchev–Trinajstić information content (AvgIpc) is 3.65. The molecule has 3 heterocycles. The quantitative estimate of drug-likeness (QED) is 0.0346. The van der Waals surface area contributed by atoms with E-state index < -0.39 is 156 Å². The number of ether oxygens (including phenoxy) is 5. The van der Waals surface area contributed by atoms with Crippen molar-refractivity contribution in [2.45, 2.75) is 136 Å². The van der Waals surface area contributed by atoms with Crippen molar-refractivity contribution in [1.29, 1.82) is 0 Å². The van der Waals surface area contributed by atoms with Crippen LogP contribution >= 0.6 is 0 Å². The van der Waals surface area contributed by atoms with Crippen molar-refractivity contribution in [2.24, 2.45) is 0 Å². The van der Waals surface area contributed by atoms with Gasteiger partial charge in [-0.2, -0.15) is 0 Å². The van der Waals surface area contributed by atoms with Gasteiger partial charge in [-0.1, -0.05) is 146 Å². The maximum atomic E-state index is 11.4. The van der Waals surface area contributed by atoms with E-state index in [2.05, 4.69) is 17.4 Å². The van der Waals surface area contributed by atoms with E-state index in [0.29, 0.717) is 6.54 Å². The van der Waals surface area contributed by atoms with Crippen molar-refractivity contribution < 1.29 is 121 Å². The van der Waals surface area contributed by atoms with E-state index in [1.165, 1.54) is 11.5 Å². The molecule has 4 aromatic carbocycles. The summed E-state index contributed by atoms with van der Waals surface area (Å²) in [5.74, 6) is 1.31. The number of nitrogens with zero attached hydrogens (tertiary/aromatic N) is 1. The van der Waals surface area contributed by atoms with Crippen LogP contribution in [0.25, 0.3) is 12.2 Å². The molecule has 27 heteroatoms. The van der Waals surface area contributed by atoms with E-state index in [1.54, 1.807) is 30.2 Å². The Morgan fingerprint density at radius 2 is 1.01 bits per heavy atom. The predicted molar refractivity (Wildman–Crippen MR) is 298 cm³/mol. The molecule has 0 aliphatic carbocycles. The van der Waals surface area contributed by atoms with Crippen LogP contribution in [0.3, 0.4) is 0 Å². The van der Waals surface area contributed by atoms with Gasteiger partial charge in [0, 0.05) is 13.1 Å². The second kappa shape index (κ2) is 37.7. The fourth-order valence-corrected chi connectivity index (χ4v) is 8.64. The summed E-state index contributed by atoms with van der Waals surface area (Å²) in [5, 5.41) is 179. The van der Waals surface area contributed by atoms with Crippen molar-refractivity contribution >= 4 is 19.3 Å². The fraction of sp³-hybridized carbons (Fsp3) is 0.500. The lowest BCUT2D eigenvalue weighted by Crippen LogP contribution is -2.64. The van der Waals surface area contributed by atoms with Gasteiger partial charge < -0.3 is 126 Å². The molecule has 0 saturated carbocycles. The molecule has 0 amide bonds. The van der Waals surface area contributed by atoms with Gasteiger partial charge in [0.1, 0.15) is 97.7 Å². The highest BCUT2D eigenvalue weighted by Gasteiger charge is 2.51. The highest BCUT2D eigenvalue weighted by molar-refractivity contribution is 6.48. The first-order chi connectivity index (χ1) is 39.2. The lowest BCUT2D eigenvalue weighted by Gasteiger charge is -2.45. The molecule has 3 aliphatic rings. The minimum absolute atomic E-state index is 0. The summed E-state index contributed by atoms with van der Waals surface area (Å²) in [7, 11) is 2.33. The van der Waals surface area contributed by atoms with Crippen LogP contribution in [0.1, 0.15) is 22.3 Å². The molecule has 464 valence electrons. The van der Waals surface area contributed by atoms with Crippen molar-refractivity contribution in [2.75, 3.05) is 40.5 Å². The molecule has 3 aliphatic heterocycles. The minimum atomic E-state index is -1.82. The third-order valence-electron chi connectivity index (χ3n) is 13.3. The number of likely N-dealkylation sites (N-methyl/N-ethyl adjacent to an activating group) is 1. The van der Waals surface area contributed by atoms with Crippen LogP contribution in [-0.4, -0.2) is 272 Å². The Kier molecular flexibility index (Phi) is 33.0. The third-order valence-corrected chi connectivity index (χ3v) is 13.3. The van der Waals surface area contributed by atoms with Gasteiger partial charge in [0.2, 0.25) is 0 Å². The number of hydrogen-bond acceptors (Lipinski definition) is 25. The molecule has 1 unspecified atom stereocenters. The summed E-state index contributed by atoms with van der Waals surface area (Å²) >= 11 is 0. The molecule has 21 N–H and O–H groups in total. The Hall–Kier alpha value is -4.62. The first kappa shape index (κ1) is 72.6. The first-order valence-corrected chi connectivity index (χ1v) is 26.3.